The van der Waals surface area contributed by atoms with E-state index in [1.54, 1.807) is 24.5 Å². The molecule has 10 heteroatoms. The number of rotatable bonds is 3. The number of hydrogen-bond acceptors (Lipinski definition) is 4. The third-order valence-corrected chi connectivity index (χ3v) is 5.49. The summed E-state index contributed by atoms with van der Waals surface area (Å²) >= 11 is 5.09. The Labute approximate surface area is 192 Å². The molecule has 0 radical (unpaired) electrons. The van der Waals surface area contributed by atoms with E-state index >= 15 is 0 Å². The first-order valence-corrected chi connectivity index (χ1v) is 10.2. The van der Waals surface area contributed by atoms with Crippen LogP contribution in [0.15, 0.2) is 60.4 Å². The Bertz CT molecular complexity index is 1310. The van der Waals surface area contributed by atoms with Gasteiger partial charge in [0.1, 0.15) is 5.57 Å². The van der Waals surface area contributed by atoms with Crippen molar-refractivity contribution in [2.75, 3.05) is 4.90 Å². The summed E-state index contributed by atoms with van der Waals surface area (Å²) in [6, 6.07) is 9.67. The number of halogens is 3. The molecule has 0 unspecified atom stereocenters. The van der Waals surface area contributed by atoms with Crippen LogP contribution in [0.1, 0.15) is 22.5 Å². The Hall–Kier alpha value is -3.79. The Balaban J connectivity index is 1.76. The van der Waals surface area contributed by atoms with E-state index in [4.69, 9.17) is 12.2 Å². The quantitative estimate of drug-likeness (QED) is 0.351. The molecular formula is C23H17F3N4O2S. The van der Waals surface area contributed by atoms with Gasteiger partial charge in [-0.3, -0.25) is 24.8 Å². The summed E-state index contributed by atoms with van der Waals surface area (Å²) in [7, 11) is 0. The van der Waals surface area contributed by atoms with Crippen molar-refractivity contribution in [3.8, 4) is 5.69 Å². The number of amides is 2. The highest BCUT2D eigenvalue weighted by Crippen LogP contribution is 2.33. The van der Waals surface area contributed by atoms with Crippen LogP contribution in [-0.4, -0.2) is 26.5 Å². The molecule has 0 spiro atoms. The van der Waals surface area contributed by atoms with Crippen molar-refractivity contribution < 1.29 is 22.8 Å². The van der Waals surface area contributed by atoms with Gasteiger partial charge < -0.3 is 4.57 Å². The molecule has 2 amide bonds. The van der Waals surface area contributed by atoms with Gasteiger partial charge in [-0.2, -0.15) is 13.2 Å². The lowest BCUT2D eigenvalue weighted by Gasteiger charge is -2.29. The maximum atomic E-state index is 13.2. The van der Waals surface area contributed by atoms with Crippen molar-refractivity contribution in [3.63, 3.8) is 0 Å². The zero-order valence-electron chi connectivity index (χ0n) is 17.5. The van der Waals surface area contributed by atoms with Gasteiger partial charge in [0, 0.05) is 17.6 Å². The molecule has 168 valence electrons. The lowest BCUT2D eigenvalue weighted by Crippen LogP contribution is -2.54. The lowest BCUT2D eigenvalue weighted by molar-refractivity contribution is -0.137. The molecule has 1 aromatic carbocycles. The molecule has 4 rings (SSSR count). The molecule has 2 aromatic heterocycles. The van der Waals surface area contributed by atoms with E-state index in [1.807, 2.05) is 24.5 Å². The van der Waals surface area contributed by atoms with Crippen LogP contribution in [0.2, 0.25) is 0 Å². The number of nitrogens with one attached hydrogen (secondary N) is 1. The van der Waals surface area contributed by atoms with Crippen molar-refractivity contribution in [2.45, 2.75) is 20.0 Å². The van der Waals surface area contributed by atoms with Gasteiger partial charge in [0.25, 0.3) is 11.8 Å². The molecule has 1 aliphatic heterocycles. The minimum Gasteiger partial charge on any atom is -0.316 e. The van der Waals surface area contributed by atoms with Crippen molar-refractivity contribution in [1.29, 1.82) is 0 Å². The molecule has 0 atom stereocenters. The smallest absolute Gasteiger partial charge is 0.316 e. The molecule has 1 aliphatic rings. The van der Waals surface area contributed by atoms with Crippen molar-refractivity contribution in [3.05, 3.63) is 82.9 Å². The number of nitrogens with zero attached hydrogens (tertiary/aromatic N) is 3. The molecule has 3 heterocycles. The number of carbonyl (C=O) groups excluding carboxylic acids is 2. The van der Waals surface area contributed by atoms with Gasteiger partial charge in [-0.15, -0.1) is 0 Å². The molecule has 6 nitrogen and oxygen atoms in total. The number of thiocarbonyl (C=S) groups is 1. The van der Waals surface area contributed by atoms with Gasteiger partial charge in [0.05, 0.1) is 23.1 Å². The van der Waals surface area contributed by atoms with Crippen LogP contribution in [0.4, 0.5) is 18.9 Å². The fourth-order valence-corrected chi connectivity index (χ4v) is 3.97. The van der Waals surface area contributed by atoms with Gasteiger partial charge in [-0.25, -0.2) is 0 Å². The highest BCUT2D eigenvalue weighted by molar-refractivity contribution is 7.80. The zero-order chi connectivity index (χ0) is 23.9. The second kappa shape index (κ2) is 8.28. The second-order valence-electron chi connectivity index (χ2n) is 7.38. The molecule has 0 bridgehead atoms. The number of alkyl halides is 3. The molecule has 0 saturated carbocycles. The minimum atomic E-state index is -4.60. The summed E-state index contributed by atoms with van der Waals surface area (Å²) in [6.07, 6.45) is 0.150. The van der Waals surface area contributed by atoms with E-state index in [1.165, 1.54) is 18.2 Å². The second-order valence-corrected chi connectivity index (χ2v) is 7.77. The van der Waals surface area contributed by atoms with Crippen LogP contribution in [0, 0.1) is 13.8 Å². The average Bonchev–Trinajstić information content (AvgIpc) is 3.04. The van der Waals surface area contributed by atoms with Crippen LogP contribution in [0.25, 0.3) is 11.8 Å². The number of benzene rings is 1. The van der Waals surface area contributed by atoms with E-state index in [2.05, 4.69) is 10.3 Å². The van der Waals surface area contributed by atoms with E-state index < -0.39 is 23.6 Å². The van der Waals surface area contributed by atoms with E-state index in [0.717, 1.165) is 34.1 Å². The van der Waals surface area contributed by atoms with E-state index in [0.29, 0.717) is 5.56 Å². The Morgan fingerprint density at radius 2 is 1.79 bits per heavy atom. The zero-order valence-corrected chi connectivity index (χ0v) is 18.3. The first-order valence-electron chi connectivity index (χ1n) is 9.76. The highest BCUT2D eigenvalue weighted by Gasteiger charge is 2.36. The van der Waals surface area contributed by atoms with Crippen LogP contribution < -0.4 is 10.2 Å². The van der Waals surface area contributed by atoms with Gasteiger partial charge in [0.2, 0.25) is 0 Å². The molecule has 1 N–H and O–H groups in total. The molecule has 33 heavy (non-hydrogen) atoms. The first-order chi connectivity index (χ1) is 15.6. The normalized spacial score (nSPS) is 15.8. The first kappa shape index (κ1) is 22.4. The third-order valence-electron chi connectivity index (χ3n) is 5.21. The fourth-order valence-electron chi connectivity index (χ4n) is 3.69. The highest BCUT2D eigenvalue weighted by atomic mass is 32.1. The predicted octanol–water partition coefficient (Wildman–Crippen LogP) is 4.34. The van der Waals surface area contributed by atoms with E-state index in [-0.39, 0.29) is 16.4 Å². The maximum Gasteiger partial charge on any atom is 0.416 e. The summed E-state index contributed by atoms with van der Waals surface area (Å²) in [5, 5.41) is 2.10. The predicted molar refractivity (Wildman–Crippen MR) is 121 cm³/mol. The number of pyridine rings is 1. The van der Waals surface area contributed by atoms with Gasteiger partial charge in [-0.05, 0) is 74.1 Å². The summed E-state index contributed by atoms with van der Waals surface area (Å²) in [5.74, 6) is -1.53. The van der Waals surface area contributed by atoms with Crippen LogP contribution >= 0.6 is 12.2 Å². The molecule has 1 fully saturated rings. The molecule has 0 aliphatic carbocycles. The SMILES string of the molecule is Cc1cc(/C=C2\C(=O)NC(=S)N(c3cccc(C(F)(F)F)c3)C2=O)c(C)n1-c1cccnc1. The summed E-state index contributed by atoms with van der Waals surface area (Å²) in [6.45, 7) is 3.70. The number of anilines is 1. The topological polar surface area (TPSA) is 67.2 Å². The molecule has 3 aromatic rings. The average molecular weight is 470 g/mol. The van der Waals surface area contributed by atoms with Crippen molar-refractivity contribution in [1.82, 2.24) is 14.9 Å². The molecular weight excluding hydrogens is 453 g/mol. The largest absolute Gasteiger partial charge is 0.416 e. The number of aromatic nitrogens is 2. The third kappa shape index (κ3) is 4.17. The van der Waals surface area contributed by atoms with Crippen molar-refractivity contribution in [2.24, 2.45) is 0 Å². The summed E-state index contributed by atoms with van der Waals surface area (Å²) < 4.78 is 41.4. The fraction of sp³-hybridized carbons (Fsp3) is 0.130. The summed E-state index contributed by atoms with van der Waals surface area (Å²) in [5.41, 5.74) is 1.75. The number of aryl methyl sites for hydroxylation is 1. The van der Waals surface area contributed by atoms with Gasteiger partial charge >= 0.3 is 6.18 Å². The maximum absolute atomic E-state index is 13.2. The van der Waals surface area contributed by atoms with Gasteiger partial charge in [0.15, 0.2) is 5.11 Å². The minimum absolute atomic E-state index is 0.0912. The monoisotopic (exact) mass is 470 g/mol. The van der Waals surface area contributed by atoms with Crippen LogP contribution in [0.3, 0.4) is 0 Å². The molecule has 1 saturated heterocycles. The Morgan fingerprint density at radius 3 is 2.45 bits per heavy atom. The summed E-state index contributed by atoms with van der Waals surface area (Å²) in [4.78, 5) is 30.8. The van der Waals surface area contributed by atoms with Gasteiger partial charge in [-0.1, -0.05) is 6.07 Å². The Morgan fingerprint density at radius 1 is 1.06 bits per heavy atom. The van der Waals surface area contributed by atoms with Crippen LogP contribution in [-0.2, 0) is 15.8 Å². The number of carbonyl (C=O) groups is 2. The lowest BCUT2D eigenvalue weighted by atomic mass is 10.1. The standard InChI is InChI=1S/C23H17F3N4O2S/c1-13-9-15(14(2)29(13)18-7-4-8-27-12-18)10-19-20(31)28-22(33)30(21(19)32)17-6-3-5-16(11-17)23(24,25)26/h3-12H,1-2H3,(H,28,31,33)/b19-10+. The number of hydrogen-bond donors (Lipinski definition) is 1. The van der Waals surface area contributed by atoms with Crippen molar-refractivity contribution >= 4 is 40.9 Å². The van der Waals surface area contributed by atoms with E-state index in [9.17, 15) is 22.8 Å². The van der Waals surface area contributed by atoms with Crippen LogP contribution in [0.5, 0.6) is 0 Å². The Kier molecular flexibility index (Phi) is 5.62.